The van der Waals surface area contributed by atoms with Crippen LogP contribution in [0.3, 0.4) is 0 Å². The number of rotatable bonds is 8. The largest absolute Gasteiger partial charge is 0.497 e. The van der Waals surface area contributed by atoms with Gasteiger partial charge in [-0.2, -0.15) is 0 Å². The first-order chi connectivity index (χ1) is 14.3. The Morgan fingerprint density at radius 3 is 2.62 bits per heavy atom. The van der Waals surface area contributed by atoms with Crippen molar-refractivity contribution in [2.75, 3.05) is 51.4 Å². The van der Waals surface area contributed by atoms with Crippen LogP contribution >= 0.6 is 11.8 Å². The predicted molar refractivity (Wildman–Crippen MR) is 118 cm³/mol. The summed E-state index contributed by atoms with van der Waals surface area (Å²) in [5.74, 6) is 0.902. The number of likely N-dealkylation sites (tertiary alicyclic amines) is 1. The molecule has 0 bridgehead atoms. The predicted octanol–water partition coefficient (Wildman–Crippen LogP) is 4.16. The smallest absolute Gasteiger partial charge is 0.121 e. The number of piperidine rings is 1. The van der Waals surface area contributed by atoms with E-state index in [2.05, 4.69) is 46.2 Å². The van der Waals surface area contributed by atoms with Crippen molar-refractivity contribution in [2.24, 2.45) is 0 Å². The highest BCUT2D eigenvalue weighted by atomic mass is 32.2. The number of aliphatic hydroxyl groups is 1. The Labute approximate surface area is 177 Å². The van der Waals surface area contributed by atoms with Crippen molar-refractivity contribution < 1.29 is 14.6 Å². The standard InChI is InChI=1S/C23H30N2O3S/c1-27-19-7-8-23-21(17-19)25(20-5-2-3-6-22(20)29-23)12-4-11-24-13-9-18(10-14-24)28-16-15-26/h2-3,5-8,17-18,26H,4,9-16H2,1H3. The average Bonchev–Trinajstić information content (AvgIpc) is 2.77. The van der Waals surface area contributed by atoms with Crippen molar-refractivity contribution in [1.29, 1.82) is 0 Å². The van der Waals surface area contributed by atoms with Gasteiger partial charge in [0.05, 0.1) is 37.8 Å². The minimum atomic E-state index is 0.113. The molecule has 0 saturated carbocycles. The van der Waals surface area contributed by atoms with Crippen molar-refractivity contribution in [2.45, 2.75) is 35.2 Å². The summed E-state index contributed by atoms with van der Waals surface area (Å²) in [6.07, 6.45) is 3.54. The normalized spacial score (nSPS) is 17.1. The molecule has 0 radical (unpaired) electrons. The summed E-state index contributed by atoms with van der Waals surface area (Å²) in [4.78, 5) is 7.58. The van der Waals surface area contributed by atoms with Crippen LogP contribution in [0.1, 0.15) is 19.3 Å². The van der Waals surface area contributed by atoms with Crippen molar-refractivity contribution in [1.82, 2.24) is 4.90 Å². The Balaban J connectivity index is 1.39. The molecule has 29 heavy (non-hydrogen) atoms. The number of aliphatic hydroxyl groups excluding tert-OH is 1. The molecule has 2 aliphatic rings. The molecule has 1 N–H and O–H groups in total. The van der Waals surface area contributed by atoms with Gasteiger partial charge in [0.2, 0.25) is 0 Å². The fourth-order valence-corrected chi connectivity index (χ4v) is 5.22. The molecule has 2 aromatic carbocycles. The molecule has 0 atom stereocenters. The Morgan fingerprint density at radius 1 is 1.03 bits per heavy atom. The van der Waals surface area contributed by atoms with Gasteiger partial charge in [-0.25, -0.2) is 0 Å². The molecular formula is C23H30N2O3S. The van der Waals surface area contributed by atoms with Crippen LogP contribution in [0, 0.1) is 0 Å². The zero-order valence-corrected chi connectivity index (χ0v) is 17.9. The van der Waals surface area contributed by atoms with E-state index < -0.39 is 0 Å². The molecule has 0 aromatic heterocycles. The van der Waals surface area contributed by atoms with Crippen molar-refractivity contribution in [3.8, 4) is 5.75 Å². The number of ether oxygens (including phenoxy) is 2. The van der Waals surface area contributed by atoms with Crippen molar-refractivity contribution in [3.05, 3.63) is 42.5 Å². The van der Waals surface area contributed by atoms with Gasteiger partial charge in [-0.3, -0.25) is 0 Å². The fraction of sp³-hybridized carbons (Fsp3) is 0.478. The second-order valence-electron chi connectivity index (χ2n) is 7.54. The topological polar surface area (TPSA) is 45.2 Å². The highest BCUT2D eigenvalue weighted by molar-refractivity contribution is 7.99. The number of para-hydroxylation sites is 1. The van der Waals surface area contributed by atoms with Gasteiger partial charge in [-0.1, -0.05) is 23.9 Å². The maximum Gasteiger partial charge on any atom is 0.121 e. The summed E-state index contributed by atoms with van der Waals surface area (Å²) >= 11 is 1.83. The van der Waals surface area contributed by atoms with Gasteiger partial charge in [0.15, 0.2) is 0 Å². The van der Waals surface area contributed by atoms with Gasteiger partial charge < -0.3 is 24.4 Å². The van der Waals surface area contributed by atoms with Crippen LogP contribution in [-0.2, 0) is 4.74 Å². The molecule has 4 rings (SSSR count). The Morgan fingerprint density at radius 2 is 1.83 bits per heavy atom. The first-order valence-corrected chi connectivity index (χ1v) is 11.3. The van der Waals surface area contributed by atoms with Crippen molar-refractivity contribution >= 4 is 23.1 Å². The summed E-state index contributed by atoms with van der Waals surface area (Å²) in [6, 6.07) is 15.0. The highest BCUT2D eigenvalue weighted by Crippen LogP contribution is 2.49. The van der Waals surface area contributed by atoms with Crippen LogP contribution < -0.4 is 9.64 Å². The lowest BCUT2D eigenvalue weighted by Gasteiger charge is -2.35. The fourth-order valence-electron chi connectivity index (χ4n) is 4.15. The van der Waals surface area contributed by atoms with E-state index in [1.165, 1.54) is 21.2 Å². The third-order valence-electron chi connectivity index (χ3n) is 5.67. The molecular weight excluding hydrogens is 384 g/mol. The summed E-state index contributed by atoms with van der Waals surface area (Å²) in [6.45, 7) is 4.80. The molecule has 5 nitrogen and oxygen atoms in total. The van der Waals surface area contributed by atoms with Gasteiger partial charge in [-0.15, -0.1) is 0 Å². The number of nitrogens with zero attached hydrogens (tertiary/aromatic N) is 2. The maximum absolute atomic E-state index is 8.91. The van der Waals surface area contributed by atoms with E-state index in [0.29, 0.717) is 12.7 Å². The van der Waals surface area contributed by atoms with Gasteiger partial charge in [0.1, 0.15) is 5.75 Å². The van der Waals surface area contributed by atoms with Crippen LogP contribution in [0.25, 0.3) is 0 Å². The number of hydrogen-bond donors (Lipinski definition) is 1. The molecule has 0 unspecified atom stereocenters. The monoisotopic (exact) mass is 414 g/mol. The van der Waals surface area contributed by atoms with E-state index >= 15 is 0 Å². The Kier molecular flexibility index (Phi) is 6.98. The first kappa shape index (κ1) is 20.5. The van der Waals surface area contributed by atoms with Crippen LogP contribution in [0.2, 0.25) is 0 Å². The molecule has 0 spiro atoms. The quantitative estimate of drug-likeness (QED) is 0.700. The molecule has 0 aliphatic carbocycles. The third-order valence-corrected chi connectivity index (χ3v) is 6.80. The Hall–Kier alpha value is -1.73. The van der Waals surface area contributed by atoms with Gasteiger partial charge in [0, 0.05) is 35.5 Å². The SMILES string of the molecule is COc1ccc2c(c1)N(CCCN1CCC(OCCO)CC1)c1ccccc1S2. The van der Waals surface area contributed by atoms with Crippen LogP contribution in [0.15, 0.2) is 52.3 Å². The number of fused-ring (bicyclic) bond motifs is 2. The molecule has 0 amide bonds. The van der Waals surface area contributed by atoms with E-state index in [1.54, 1.807) is 7.11 Å². The number of benzene rings is 2. The lowest BCUT2D eigenvalue weighted by molar-refractivity contribution is -0.00770. The maximum atomic E-state index is 8.91. The Bertz CT molecular complexity index is 808. The molecule has 2 aromatic rings. The number of hydrogen-bond acceptors (Lipinski definition) is 6. The molecule has 1 fully saturated rings. The van der Waals surface area contributed by atoms with Gasteiger partial charge in [-0.05, 0) is 50.1 Å². The van der Waals surface area contributed by atoms with E-state index in [0.717, 1.165) is 51.2 Å². The molecule has 2 aliphatic heterocycles. The lowest BCUT2D eigenvalue weighted by atomic mass is 10.1. The second-order valence-corrected chi connectivity index (χ2v) is 8.63. The minimum absolute atomic E-state index is 0.113. The first-order valence-electron chi connectivity index (χ1n) is 10.5. The van der Waals surface area contributed by atoms with Crippen LogP contribution in [0.5, 0.6) is 5.75 Å². The zero-order valence-electron chi connectivity index (χ0n) is 17.0. The molecule has 6 heteroatoms. The minimum Gasteiger partial charge on any atom is -0.497 e. The lowest BCUT2D eigenvalue weighted by Crippen LogP contribution is -2.38. The summed E-state index contributed by atoms with van der Waals surface area (Å²) in [7, 11) is 1.73. The zero-order chi connectivity index (χ0) is 20.1. The van der Waals surface area contributed by atoms with Crippen LogP contribution in [0.4, 0.5) is 11.4 Å². The molecule has 156 valence electrons. The number of anilines is 2. The second kappa shape index (κ2) is 9.85. The molecule has 2 heterocycles. The van der Waals surface area contributed by atoms with Crippen LogP contribution in [-0.4, -0.2) is 62.6 Å². The van der Waals surface area contributed by atoms with E-state index in [9.17, 15) is 0 Å². The van der Waals surface area contributed by atoms with Gasteiger partial charge in [0.25, 0.3) is 0 Å². The summed E-state index contributed by atoms with van der Waals surface area (Å²) in [5.41, 5.74) is 2.53. The van der Waals surface area contributed by atoms with E-state index in [1.807, 2.05) is 17.8 Å². The van der Waals surface area contributed by atoms with E-state index in [4.69, 9.17) is 14.6 Å². The van der Waals surface area contributed by atoms with Crippen molar-refractivity contribution in [3.63, 3.8) is 0 Å². The molecule has 1 saturated heterocycles. The third kappa shape index (κ3) is 4.89. The summed E-state index contributed by atoms with van der Waals surface area (Å²) < 4.78 is 11.2. The average molecular weight is 415 g/mol. The van der Waals surface area contributed by atoms with E-state index in [-0.39, 0.29) is 6.61 Å². The summed E-state index contributed by atoms with van der Waals surface area (Å²) in [5, 5.41) is 8.91. The number of methoxy groups -OCH3 is 1. The van der Waals surface area contributed by atoms with Gasteiger partial charge >= 0.3 is 0 Å². The highest BCUT2D eigenvalue weighted by Gasteiger charge is 2.24.